The number of hydrogen-bond acceptors (Lipinski definition) is 7. The number of nitrogens with zero attached hydrogens (tertiary/aromatic N) is 3. The normalized spacial score (nSPS) is 18.4. The van der Waals surface area contributed by atoms with Gasteiger partial charge in [-0.2, -0.15) is 0 Å². The highest BCUT2D eigenvalue weighted by molar-refractivity contribution is 7.15. The number of rotatable bonds is 9. The van der Waals surface area contributed by atoms with Crippen LogP contribution in [0.3, 0.4) is 0 Å². The number of likely N-dealkylation sites (N-methyl/N-ethyl adjacent to an activating group) is 1. The predicted molar refractivity (Wildman–Crippen MR) is 131 cm³/mol. The van der Waals surface area contributed by atoms with Gasteiger partial charge in [0.05, 0.1) is 19.8 Å². The number of carbonyl (C=O) groups is 1. The number of halogens is 1. The molecule has 1 aromatic heterocycles. The Morgan fingerprint density at radius 2 is 2.03 bits per heavy atom. The molecular weight excluding hydrogens is 455 g/mol. The van der Waals surface area contributed by atoms with Gasteiger partial charge >= 0.3 is 0 Å². The molecule has 2 heterocycles. The van der Waals surface area contributed by atoms with Gasteiger partial charge in [-0.15, -0.1) is 11.3 Å². The lowest BCUT2D eigenvalue weighted by molar-refractivity contribution is -0.117. The van der Waals surface area contributed by atoms with Crippen LogP contribution in [-0.2, 0) is 17.8 Å². The quantitative estimate of drug-likeness (QED) is 0.486. The molecule has 7 nitrogen and oxygen atoms in total. The zero-order valence-electron chi connectivity index (χ0n) is 19.3. The summed E-state index contributed by atoms with van der Waals surface area (Å²) in [6.07, 6.45) is 1.56. The van der Waals surface area contributed by atoms with Gasteiger partial charge in [0.1, 0.15) is 11.6 Å². The standard InChI is InChI=1S/C25H29FN4O3S/c1-29(13-17-7-9-19(33-2)10-8-17)22-14-30(15-23(22)31)16-24(32)28-25-27-12-20(34-25)11-18-5-3-4-6-21(18)26/h3-10,12,22-23,31H,11,13-16H2,1-2H3,(H,27,28,32)/t22-,23-/m0/s1. The Bertz CT molecular complexity index is 1110. The number of benzene rings is 2. The third kappa shape index (κ3) is 6.18. The molecule has 1 fully saturated rings. The number of likely N-dealkylation sites (tertiary alicyclic amines) is 1. The highest BCUT2D eigenvalue weighted by Gasteiger charge is 2.34. The molecule has 2 aromatic carbocycles. The van der Waals surface area contributed by atoms with Gasteiger partial charge in [0, 0.05) is 43.2 Å². The molecule has 1 aliphatic heterocycles. The molecule has 0 unspecified atom stereocenters. The molecule has 0 radical (unpaired) electrons. The monoisotopic (exact) mass is 484 g/mol. The van der Waals surface area contributed by atoms with Crippen molar-refractivity contribution < 1.29 is 19.0 Å². The van der Waals surface area contributed by atoms with Gasteiger partial charge in [0.25, 0.3) is 0 Å². The number of ether oxygens (including phenoxy) is 1. The number of thiazole rings is 1. The first-order chi connectivity index (χ1) is 16.4. The maximum Gasteiger partial charge on any atom is 0.240 e. The average molecular weight is 485 g/mol. The summed E-state index contributed by atoms with van der Waals surface area (Å²) in [5, 5.41) is 13.9. The number of nitrogens with one attached hydrogen (secondary N) is 1. The van der Waals surface area contributed by atoms with Crippen molar-refractivity contribution in [3.63, 3.8) is 0 Å². The first kappa shape index (κ1) is 24.3. The van der Waals surface area contributed by atoms with Crippen molar-refractivity contribution in [3.05, 3.63) is 76.5 Å². The van der Waals surface area contributed by atoms with E-state index in [1.807, 2.05) is 36.2 Å². The Morgan fingerprint density at radius 3 is 2.76 bits per heavy atom. The second-order valence-electron chi connectivity index (χ2n) is 8.54. The molecule has 2 atom stereocenters. The molecule has 1 saturated heterocycles. The van der Waals surface area contributed by atoms with Gasteiger partial charge in [-0.05, 0) is 36.4 Å². The second kappa shape index (κ2) is 11.1. The van der Waals surface area contributed by atoms with E-state index in [9.17, 15) is 14.3 Å². The lowest BCUT2D eigenvalue weighted by Crippen LogP contribution is -2.40. The van der Waals surface area contributed by atoms with Crippen molar-refractivity contribution in [2.45, 2.75) is 25.1 Å². The van der Waals surface area contributed by atoms with E-state index in [-0.39, 0.29) is 24.3 Å². The summed E-state index contributed by atoms with van der Waals surface area (Å²) < 4.78 is 19.1. The SMILES string of the molecule is COc1ccc(CN(C)[C@H]2CN(CC(=O)Nc3ncc(Cc4ccccc4F)s3)C[C@@H]2O)cc1. The number of hydrogen-bond donors (Lipinski definition) is 2. The molecule has 1 aliphatic rings. The zero-order valence-corrected chi connectivity index (χ0v) is 20.1. The number of methoxy groups -OCH3 is 1. The number of aliphatic hydroxyl groups is 1. The first-order valence-electron chi connectivity index (χ1n) is 11.1. The van der Waals surface area contributed by atoms with E-state index in [0.717, 1.165) is 16.2 Å². The van der Waals surface area contributed by atoms with E-state index in [2.05, 4.69) is 15.2 Å². The lowest BCUT2D eigenvalue weighted by Gasteiger charge is -2.26. The van der Waals surface area contributed by atoms with Crippen LogP contribution in [0.25, 0.3) is 0 Å². The molecule has 4 rings (SSSR count). The lowest BCUT2D eigenvalue weighted by atomic mass is 10.1. The van der Waals surface area contributed by atoms with E-state index in [4.69, 9.17) is 4.74 Å². The summed E-state index contributed by atoms with van der Waals surface area (Å²) in [7, 11) is 3.62. The van der Waals surface area contributed by atoms with Crippen LogP contribution in [-0.4, -0.2) is 71.7 Å². The highest BCUT2D eigenvalue weighted by atomic mass is 32.1. The van der Waals surface area contributed by atoms with E-state index >= 15 is 0 Å². The molecular formula is C25H29FN4O3S. The van der Waals surface area contributed by atoms with E-state index in [1.165, 1.54) is 17.4 Å². The number of β-amino-alcohol motifs (C(OH)–C–C–N with tert-alkyl or cyclic N) is 1. The number of aliphatic hydroxyl groups excluding tert-OH is 1. The van der Waals surface area contributed by atoms with Crippen LogP contribution in [0, 0.1) is 5.82 Å². The Morgan fingerprint density at radius 1 is 1.26 bits per heavy atom. The summed E-state index contributed by atoms with van der Waals surface area (Å²) in [5.41, 5.74) is 1.72. The van der Waals surface area contributed by atoms with Crippen molar-refractivity contribution in [1.29, 1.82) is 0 Å². The molecule has 2 N–H and O–H groups in total. The molecule has 0 bridgehead atoms. The number of amides is 1. The molecule has 9 heteroatoms. The van der Waals surface area contributed by atoms with Crippen LogP contribution < -0.4 is 10.1 Å². The smallest absolute Gasteiger partial charge is 0.240 e. The van der Waals surface area contributed by atoms with Crippen LogP contribution in [0.4, 0.5) is 9.52 Å². The second-order valence-corrected chi connectivity index (χ2v) is 9.66. The molecule has 180 valence electrons. The third-order valence-corrected chi connectivity index (χ3v) is 6.89. The maximum atomic E-state index is 13.9. The molecule has 0 aliphatic carbocycles. The minimum absolute atomic E-state index is 0.0675. The third-order valence-electron chi connectivity index (χ3n) is 5.98. The molecule has 34 heavy (non-hydrogen) atoms. The number of carbonyl (C=O) groups excluding carboxylic acids is 1. The fourth-order valence-corrected chi connectivity index (χ4v) is 5.04. The van der Waals surface area contributed by atoms with Gasteiger partial charge in [-0.1, -0.05) is 30.3 Å². The van der Waals surface area contributed by atoms with Gasteiger partial charge in [-0.3, -0.25) is 14.6 Å². The van der Waals surface area contributed by atoms with Crippen LogP contribution in [0.1, 0.15) is 16.0 Å². The predicted octanol–water partition coefficient (Wildman–Crippen LogP) is 3.00. The summed E-state index contributed by atoms with van der Waals surface area (Å²) in [6.45, 7) is 1.89. The van der Waals surface area contributed by atoms with E-state index in [0.29, 0.717) is 36.8 Å². The fraction of sp³-hybridized carbons (Fsp3) is 0.360. The van der Waals surface area contributed by atoms with Crippen LogP contribution in [0.2, 0.25) is 0 Å². The Kier molecular flexibility index (Phi) is 7.89. The summed E-state index contributed by atoms with van der Waals surface area (Å²) >= 11 is 1.34. The van der Waals surface area contributed by atoms with E-state index < -0.39 is 6.10 Å². The average Bonchev–Trinajstić information content (AvgIpc) is 3.41. The van der Waals surface area contributed by atoms with Crippen LogP contribution in [0.15, 0.2) is 54.7 Å². The van der Waals surface area contributed by atoms with Crippen molar-refractivity contribution in [2.75, 3.05) is 39.1 Å². The van der Waals surface area contributed by atoms with Crippen molar-refractivity contribution >= 4 is 22.4 Å². The van der Waals surface area contributed by atoms with Crippen LogP contribution in [0.5, 0.6) is 5.75 Å². The zero-order chi connectivity index (χ0) is 24.1. The van der Waals surface area contributed by atoms with Gasteiger partial charge in [0.15, 0.2) is 5.13 Å². The summed E-state index contributed by atoms with van der Waals surface area (Å²) in [6, 6.07) is 14.4. The molecule has 0 saturated carbocycles. The minimum Gasteiger partial charge on any atom is -0.497 e. The van der Waals surface area contributed by atoms with Gasteiger partial charge in [0.2, 0.25) is 5.91 Å². The molecule has 3 aromatic rings. The summed E-state index contributed by atoms with van der Waals surface area (Å²) in [5.74, 6) is 0.377. The topological polar surface area (TPSA) is 77.9 Å². The molecule has 0 spiro atoms. The summed E-state index contributed by atoms with van der Waals surface area (Å²) in [4.78, 5) is 21.8. The first-order valence-corrected chi connectivity index (χ1v) is 11.9. The number of anilines is 1. The van der Waals surface area contributed by atoms with Gasteiger partial charge < -0.3 is 15.2 Å². The van der Waals surface area contributed by atoms with Gasteiger partial charge in [-0.25, -0.2) is 9.37 Å². The Labute approximate surface area is 202 Å². The fourth-order valence-electron chi connectivity index (χ4n) is 4.18. The highest BCUT2D eigenvalue weighted by Crippen LogP contribution is 2.23. The van der Waals surface area contributed by atoms with Crippen molar-refractivity contribution in [3.8, 4) is 5.75 Å². The Balaban J connectivity index is 1.27. The van der Waals surface area contributed by atoms with E-state index in [1.54, 1.807) is 31.5 Å². The Hall–Kier alpha value is -2.85. The van der Waals surface area contributed by atoms with Crippen molar-refractivity contribution in [1.82, 2.24) is 14.8 Å². The van der Waals surface area contributed by atoms with Crippen LogP contribution >= 0.6 is 11.3 Å². The minimum atomic E-state index is -0.539. The number of aromatic nitrogens is 1. The largest absolute Gasteiger partial charge is 0.497 e. The maximum absolute atomic E-state index is 13.9. The molecule has 1 amide bonds. The van der Waals surface area contributed by atoms with Crippen molar-refractivity contribution in [2.24, 2.45) is 0 Å².